The Balaban J connectivity index is 1.74. The lowest BCUT2D eigenvalue weighted by Gasteiger charge is -2.32. The molecular formula is C16H24N6O. The maximum absolute atomic E-state index is 5.48. The van der Waals surface area contributed by atoms with E-state index in [1.807, 2.05) is 17.9 Å². The van der Waals surface area contributed by atoms with Crippen LogP contribution >= 0.6 is 0 Å². The molecule has 124 valence electrons. The van der Waals surface area contributed by atoms with Crippen molar-refractivity contribution in [3.05, 3.63) is 6.20 Å². The predicted octanol–water partition coefficient (Wildman–Crippen LogP) is 1.44. The number of anilines is 2. The van der Waals surface area contributed by atoms with Gasteiger partial charge in [0.15, 0.2) is 5.65 Å². The number of nitrogens with zero attached hydrogens (tertiary/aromatic N) is 6. The highest BCUT2D eigenvalue weighted by Gasteiger charge is 2.23. The van der Waals surface area contributed by atoms with Gasteiger partial charge in [-0.25, -0.2) is 0 Å². The smallest absolute Gasteiger partial charge is 0.229 e. The van der Waals surface area contributed by atoms with Crippen LogP contribution in [-0.2, 0) is 11.8 Å². The van der Waals surface area contributed by atoms with E-state index in [1.54, 1.807) is 0 Å². The third-order valence-corrected chi connectivity index (χ3v) is 4.94. The molecule has 0 bridgehead atoms. The highest BCUT2D eigenvalue weighted by molar-refractivity contribution is 5.88. The largest absolute Gasteiger partial charge is 0.378 e. The summed E-state index contributed by atoms with van der Waals surface area (Å²) in [5.41, 5.74) is 0.912. The molecule has 2 aliphatic heterocycles. The van der Waals surface area contributed by atoms with Gasteiger partial charge in [-0.1, -0.05) is 6.92 Å². The fourth-order valence-electron chi connectivity index (χ4n) is 3.36. The minimum absolute atomic E-state index is 0.752. The molecule has 0 N–H and O–H groups in total. The monoisotopic (exact) mass is 316 g/mol. The first-order valence-electron chi connectivity index (χ1n) is 8.50. The molecule has 0 radical (unpaired) electrons. The van der Waals surface area contributed by atoms with Gasteiger partial charge in [0.05, 0.1) is 24.8 Å². The van der Waals surface area contributed by atoms with Gasteiger partial charge in [-0.15, -0.1) is 0 Å². The average molecular weight is 316 g/mol. The molecule has 23 heavy (non-hydrogen) atoms. The molecule has 2 aliphatic rings. The quantitative estimate of drug-likeness (QED) is 0.835. The van der Waals surface area contributed by atoms with Gasteiger partial charge >= 0.3 is 0 Å². The summed E-state index contributed by atoms with van der Waals surface area (Å²) >= 11 is 0. The summed E-state index contributed by atoms with van der Waals surface area (Å²) in [6.45, 7) is 7.64. The van der Waals surface area contributed by atoms with Crippen LogP contribution in [0.4, 0.5) is 11.8 Å². The van der Waals surface area contributed by atoms with Gasteiger partial charge < -0.3 is 14.5 Å². The fraction of sp³-hybridized carbons (Fsp3) is 0.688. The van der Waals surface area contributed by atoms with Gasteiger partial charge in [-0.05, 0) is 18.8 Å². The first-order valence-corrected chi connectivity index (χ1v) is 8.50. The van der Waals surface area contributed by atoms with Gasteiger partial charge in [-0.3, -0.25) is 4.68 Å². The van der Waals surface area contributed by atoms with Gasteiger partial charge in [-0.2, -0.15) is 15.1 Å². The second-order valence-corrected chi connectivity index (χ2v) is 6.62. The lowest BCUT2D eigenvalue weighted by Crippen LogP contribution is -2.38. The number of aromatic nitrogens is 4. The number of morpholine rings is 1. The zero-order valence-corrected chi connectivity index (χ0v) is 13.9. The molecule has 2 aromatic rings. The number of ether oxygens (including phenoxy) is 1. The van der Waals surface area contributed by atoms with Crippen molar-refractivity contribution in [2.45, 2.75) is 19.8 Å². The number of fused-ring (bicyclic) bond motifs is 1. The third kappa shape index (κ3) is 2.73. The Morgan fingerprint density at radius 3 is 2.52 bits per heavy atom. The van der Waals surface area contributed by atoms with Crippen LogP contribution in [0.25, 0.3) is 11.0 Å². The second-order valence-electron chi connectivity index (χ2n) is 6.62. The number of hydrogen-bond donors (Lipinski definition) is 0. The molecular weight excluding hydrogens is 292 g/mol. The van der Waals surface area contributed by atoms with Crippen molar-refractivity contribution in [3.8, 4) is 0 Å². The molecule has 4 rings (SSSR count). The highest BCUT2D eigenvalue weighted by Crippen LogP contribution is 2.28. The summed E-state index contributed by atoms with van der Waals surface area (Å²) in [6, 6.07) is 0. The van der Waals surface area contributed by atoms with Crippen LogP contribution in [0.15, 0.2) is 6.20 Å². The van der Waals surface area contributed by atoms with Crippen molar-refractivity contribution < 1.29 is 4.74 Å². The summed E-state index contributed by atoms with van der Waals surface area (Å²) in [5.74, 6) is 2.64. The van der Waals surface area contributed by atoms with E-state index in [0.717, 1.165) is 68.1 Å². The van der Waals surface area contributed by atoms with Crippen LogP contribution < -0.4 is 9.80 Å². The number of aryl methyl sites for hydroxylation is 1. The first kappa shape index (κ1) is 14.7. The molecule has 4 heterocycles. The van der Waals surface area contributed by atoms with Crippen LogP contribution in [0.5, 0.6) is 0 Å². The molecule has 0 atom stereocenters. The molecule has 0 amide bonds. The second kappa shape index (κ2) is 5.96. The van der Waals surface area contributed by atoms with Crippen molar-refractivity contribution >= 4 is 22.8 Å². The van der Waals surface area contributed by atoms with E-state index in [1.165, 1.54) is 12.8 Å². The Morgan fingerprint density at radius 2 is 1.78 bits per heavy atom. The molecule has 7 heteroatoms. The molecule has 2 aromatic heterocycles. The predicted molar refractivity (Wildman–Crippen MR) is 89.9 cm³/mol. The van der Waals surface area contributed by atoms with E-state index in [2.05, 4.69) is 21.8 Å². The number of piperidine rings is 1. The normalized spacial score (nSPS) is 20.4. The Bertz CT molecular complexity index is 685. The van der Waals surface area contributed by atoms with Crippen molar-refractivity contribution in [2.75, 3.05) is 49.2 Å². The molecule has 0 aromatic carbocycles. The molecule has 2 fully saturated rings. The Morgan fingerprint density at radius 1 is 1.04 bits per heavy atom. The maximum Gasteiger partial charge on any atom is 0.229 e. The first-order chi connectivity index (χ1) is 11.2. The van der Waals surface area contributed by atoms with E-state index < -0.39 is 0 Å². The number of hydrogen-bond acceptors (Lipinski definition) is 6. The minimum Gasteiger partial charge on any atom is -0.378 e. The van der Waals surface area contributed by atoms with Crippen molar-refractivity contribution in [1.82, 2.24) is 19.7 Å². The molecule has 0 spiro atoms. The van der Waals surface area contributed by atoms with Crippen LogP contribution in [0.3, 0.4) is 0 Å². The van der Waals surface area contributed by atoms with Crippen molar-refractivity contribution in [1.29, 1.82) is 0 Å². The molecule has 0 saturated carbocycles. The Labute approximate surface area is 136 Å². The molecule has 7 nitrogen and oxygen atoms in total. The maximum atomic E-state index is 5.48. The molecule has 0 aliphatic carbocycles. The lowest BCUT2D eigenvalue weighted by atomic mass is 10.00. The van der Waals surface area contributed by atoms with E-state index in [9.17, 15) is 0 Å². The topological polar surface area (TPSA) is 59.3 Å². The van der Waals surface area contributed by atoms with Crippen LogP contribution in [0.2, 0.25) is 0 Å². The van der Waals surface area contributed by atoms with Crippen molar-refractivity contribution in [2.24, 2.45) is 13.0 Å². The molecule has 0 unspecified atom stereocenters. The summed E-state index contributed by atoms with van der Waals surface area (Å²) in [5, 5.41) is 5.42. The summed E-state index contributed by atoms with van der Waals surface area (Å²) < 4.78 is 7.32. The van der Waals surface area contributed by atoms with E-state index in [4.69, 9.17) is 14.7 Å². The van der Waals surface area contributed by atoms with Crippen LogP contribution in [0.1, 0.15) is 19.8 Å². The van der Waals surface area contributed by atoms with Gasteiger partial charge in [0, 0.05) is 33.2 Å². The van der Waals surface area contributed by atoms with Crippen molar-refractivity contribution in [3.63, 3.8) is 0 Å². The third-order valence-electron chi connectivity index (χ3n) is 4.94. The summed E-state index contributed by atoms with van der Waals surface area (Å²) in [7, 11) is 1.94. The summed E-state index contributed by atoms with van der Waals surface area (Å²) in [4.78, 5) is 14.3. The van der Waals surface area contributed by atoms with Crippen LogP contribution in [0, 0.1) is 5.92 Å². The number of rotatable bonds is 2. The van der Waals surface area contributed by atoms with E-state index >= 15 is 0 Å². The highest BCUT2D eigenvalue weighted by atomic mass is 16.5. The minimum atomic E-state index is 0.752. The molecule has 2 saturated heterocycles. The summed E-state index contributed by atoms with van der Waals surface area (Å²) in [6.07, 6.45) is 4.29. The fourth-order valence-corrected chi connectivity index (χ4v) is 3.36. The standard InChI is InChI=1S/C16H24N6O/c1-12-3-5-22(6-4-12)16-18-14-13(11-17-20(14)2)15(19-16)21-7-9-23-10-8-21/h11-12H,3-10H2,1-2H3. The van der Waals surface area contributed by atoms with Crippen LogP contribution in [-0.4, -0.2) is 59.1 Å². The van der Waals surface area contributed by atoms with Gasteiger partial charge in [0.2, 0.25) is 5.95 Å². The zero-order chi connectivity index (χ0) is 15.8. The Hall–Kier alpha value is -1.89. The van der Waals surface area contributed by atoms with Gasteiger partial charge in [0.25, 0.3) is 0 Å². The van der Waals surface area contributed by atoms with Gasteiger partial charge in [0.1, 0.15) is 5.82 Å². The van der Waals surface area contributed by atoms with E-state index in [-0.39, 0.29) is 0 Å². The SMILES string of the molecule is CC1CCN(c2nc(N3CCOCC3)c3cnn(C)c3n2)CC1. The van der Waals surface area contributed by atoms with E-state index in [0.29, 0.717) is 0 Å². The Kier molecular flexibility index (Phi) is 3.80. The lowest BCUT2D eigenvalue weighted by molar-refractivity contribution is 0.122. The average Bonchev–Trinajstić information content (AvgIpc) is 2.97. The zero-order valence-electron chi connectivity index (χ0n) is 13.9.